The van der Waals surface area contributed by atoms with Crippen molar-refractivity contribution in [3.05, 3.63) is 36.5 Å². The van der Waals surface area contributed by atoms with Gasteiger partial charge in [-0.15, -0.1) is 0 Å². The number of ether oxygens (including phenoxy) is 4. The van der Waals surface area contributed by atoms with Crippen LogP contribution in [0.3, 0.4) is 0 Å². The van der Waals surface area contributed by atoms with Crippen molar-refractivity contribution in [2.75, 3.05) is 0 Å². The molecule has 2 fully saturated rings. The maximum Gasteiger partial charge on any atom is 0.309 e. The zero-order valence-corrected chi connectivity index (χ0v) is 22.8. The van der Waals surface area contributed by atoms with E-state index in [1.807, 2.05) is 13.8 Å². The molecule has 1 spiro atoms. The second kappa shape index (κ2) is 10.9. The summed E-state index contributed by atoms with van der Waals surface area (Å²) < 4.78 is 23.0. The van der Waals surface area contributed by atoms with Crippen LogP contribution in [-0.4, -0.2) is 42.4 Å². The molecule has 8 atom stereocenters. The van der Waals surface area contributed by atoms with Crippen molar-refractivity contribution in [2.45, 2.75) is 92.3 Å². The fourth-order valence-corrected chi connectivity index (χ4v) is 6.17. The molecule has 0 aromatic carbocycles. The Labute approximate surface area is 219 Å². The van der Waals surface area contributed by atoms with Gasteiger partial charge in [-0.2, -0.15) is 0 Å². The molecule has 204 valence electrons. The predicted octanol–water partition coefficient (Wildman–Crippen LogP) is 4.82. The third-order valence-electron chi connectivity index (χ3n) is 8.71. The van der Waals surface area contributed by atoms with E-state index in [2.05, 4.69) is 20.1 Å². The van der Waals surface area contributed by atoms with Gasteiger partial charge in [0.2, 0.25) is 12.6 Å². The number of Topliss-reactive ketones (excluding diaryl/α,β-unsaturated/α-hetero) is 1. The van der Waals surface area contributed by atoms with Gasteiger partial charge in [-0.1, -0.05) is 52.5 Å². The van der Waals surface area contributed by atoms with Crippen molar-refractivity contribution >= 4 is 23.7 Å². The van der Waals surface area contributed by atoms with Gasteiger partial charge in [0.25, 0.3) is 0 Å². The van der Waals surface area contributed by atoms with Crippen LogP contribution in [-0.2, 0) is 38.1 Å². The van der Waals surface area contributed by atoms with Gasteiger partial charge >= 0.3 is 17.9 Å². The van der Waals surface area contributed by atoms with Gasteiger partial charge in [0.15, 0.2) is 0 Å². The molecule has 3 aliphatic rings. The summed E-state index contributed by atoms with van der Waals surface area (Å²) in [5.74, 6) is -2.44. The van der Waals surface area contributed by atoms with Crippen LogP contribution >= 0.6 is 0 Å². The van der Waals surface area contributed by atoms with Crippen LogP contribution in [0.25, 0.3) is 0 Å². The minimum Gasteiger partial charge on any atom is -0.458 e. The highest BCUT2D eigenvalue weighted by Gasteiger charge is 2.71. The number of hydrogen-bond donors (Lipinski definition) is 0. The van der Waals surface area contributed by atoms with Crippen molar-refractivity contribution in [2.24, 2.45) is 28.6 Å². The van der Waals surface area contributed by atoms with E-state index >= 15 is 0 Å². The third kappa shape index (κ3) is 5.17. The Balaban J connectivity index is 2.20. The van der Waals surface area contributed by atoms with E-state index < -0.39 is 47.4 Å². The molecule has 1 saturated carbocycles. The molecule has 0 N–H and O–H groups in total. The fraction of sp³-hybridized carbons (Fsp3) is 0.655. The Bertz CT molecular complexity index is 1010. The molecule has 3 rings (SSSR count). The van der Waals surface area contributed by atoms with E-state index in [1.54, 1.807) is 19.1 Å². The first-order valence-corrected chi connectivity index (χ1v) is 13.1. The molecular weight excluding hydrogens is 476 g/mol. The van der Waals surface area contributed by atoms with Crippen LogP contribution in [0.5, 0.6) is 0 Å². The summed E-state index contributed by atoms with van der Waals surface area (Å²) >= 11 is 0. The Kier molecular flexibility index (Phi) is 8.52. The van der Waals surface area contributed by atoms with E-state index in [0.29, 0.717) is 31.3 Å². The SMILES string of the molecule is C=CC(=C)CCC1(C)C(C)CC(=O)C23C(=C[C@H](OC(=O)[C@@H](C)CC)CC12)[C@@H](OC(C)=O)O[C@H]3OC(C)=O. The second-order valence-electron chi connectivity index (χ2n) is 11.0. The fourth-order valence-electron chi connectivity index (χ4n) is 6.17. The van der Waals surface area contributed by atoms with E-state index in [1.165, 1.54) is 13.8 Å². The van der Waals surface area contributed by atoms with Gasteiger partial charge < -0.3 is 14.2 Å². The highest BCUT2D eigenvalue weighted by atomic mass is 16.8. The number of carbonyl (C=O) groups is 4. The smallest absolute Gasteiger partial charge is 0.309 e. The number of rotatable bonds is 9. The summed E-state index contributed by atoms with van der Waals surface area (Å²) in [4.78, 5) is 51.0. The van der Waals surface area contributed by atoms with Crippen molar-refractivity contribution in [3.63, 3.8) is 0 Å². The summed E-state index contributed by atoms with van der Waals surface area (Å²) in [5.41, 5.74) is -0.546. The number of ketones is 1. The minimum absolute atomic E-state index is 0.0238. The number of allylic oxidation sites excluding steroid dienone is 2. The topological polar surface area (TPSA) is 105 Å². The van der Waals surface area contributed by atoms with Gasteiger partial charge in [0, 0.05) is 25.8 Å². The standard InChI is InChI=1S/C29H40O8/c1-9-16(3)11-12-28(8)18(5)13-24(32)29-22(26(34-19(6)30)37-27(29)35-20(7)31)14-21(15-23(28)29)36-25(33)17(4)10-2/h9,14,17-18,21,23,26-27H,1,3,10-13,15H2,2,4-8H3/t17-,18?,21-,23?,26-,27+,28?,29?/m0/s1. The summed E-state index contributed by atoms with van der Waals surface area (Å²) in [5, 5.41) is 0. The molecular formula is C29H40O8. The molecule has 37 heavy (non-hydrogen) atoms. The first-order chi connectivity index (χ1) is 17.3. The van der Waals surface area contributed by atoms with Crippen LogP contribution < -0.4 is 0 Å². The molecule has 0 radical (unpaired) electrons. The molecule has 0 bridgehead atoms. The lowest BCUT2D eigenvalue weighted by Crippen LogP contribution is -2.61. The number of carbonyl (C=O) groups excluding carboxylic acids is 4. The van der Waals surface area contributed by atoms with Crippen molar-refractivity contribution in [1.29, 1.82) is 0 Å². The molecule has 0 amide bonds. The summed E-state index contributed by atoms with van der Waals surface area (Å²) in [6.45, 7) is 18.2. The second-order valence-corrected chi connectivity index (χ2v) is 11.0. The molecule has 2 aliphatic carbocycles. The van der Waals surface area contributed by atoms with Crippen molar-refractivity contribution < 1.29 is 38.1 Å². The lowest BCUT2D eigenvalue weighted by Gasteiger charge is -2.57. The Morgan fingerprint density at radius 1 is 1.22 bits per heavy atom. The first kappa shape index (κ1) is 28.8. The van der Waals surface area contributed by atoms with E-state index in [9.17, 15) is 19.2 Å². The lowest BCUT2D eigenvalue weighted by molar-refractivity contribution is -0.231. The van der Waals surface area contributed by atoms with Gasteiger partial charge in [0.1, 0.15) is 17.3 Å². The molecule has 0 aromatic rings. The highest BCUT2D eigenvalue weighted by Crippen LogP contribution is 2.66. The monoisotopic (exact) mass is 516 g/mol. The molecule has 1 aliphatic heterocycles. The lowest BCUT2D eigenvalue weighted by atomic mass is 9.45. The number of esters is 3. The molecule has 8 nitrogen and oxygen atoms in total. The Morgan fingerprint density at radius 3 is 2.43 bits per heavy atom. The van der Waals surface area contributed by atoms with Crippen LogP contribution in [0.2, 0.25) is 0 Å². The van der Waals surface area contributed by atoms with E-state index in [-0.39, 0.29) is 30.0 Å². The van der Waals surface area contributed by atoms with Gasteiger partial charge in [-0.3, -0.25) is 23.9 Å². The van der Waals surface area contributed by atoms with Crippen LogP contribution in [0.4, 0.5) is 0 Å². The molecule has 1 saturated heterocycles. The Hall–Kier alpha value is -2.74. The summed E-state index contributed by atoms with van der Waals surface area (Å²) in [6.07, 6.45) is 2.77. The maximum atomic E-state index is 14.0. The minimum atomic E-state index is -1.36. The van der Waals surface area contributed by atoms with Gasteiger partial charge in [0.05, 0.1) is 5.92 Å². The van der Waals surface area contributed by atoms with Crippen LogP contribution in [0, 0.1) is 28.6 Å². The normalized spacial score (nSPS) is 35.4. The summed E-state index contributed by atoms with van der Waals surface area (Å²) in [6, 6.07) is 0. The average Bonchev–Trinajstić information content (AvgIpc) is 3.12. The van der Waals surface area contributed by atoms with Gasteiger partial charge in [-0.05, 0) is 49.0 Å². The highest BCUT2D eigenvalue weighted by molar-refractivity contribution is 5.92. The van der Waals surface area contributed by atoms with Crippen LogP contribution in [0.15, 0.2) is 36.5 Å². The predicted molar refractivity (Wildman–Crippen MR) is 136 cm³/mol. The molecule has 8 heteroatoms. The largest absolute Gasteiger partial charge is 0.458 e. The number of hydrogen-bond acceptors (Lipinski definition) is 8. The zero-order valence-electron chi connectivity index (χ0n) is 22.8. The van der Waals surface area contributed by atoms with E-state index in [0.717, 1.165) is 5.57 Å². The van der Waals surface area contributed by atoms with Gasteiger partial charge in [-0.25, -0.2) is 0 Å². The maximum absolute atomic E-state index is 14.0. The zero-order chi connectivity index (χ0) is 27.7. The molecule has 0 aromatic heterocycles. The third-order valence-corrected chi connectivity index (χ3v) is 8.71. The molecule has 1 heterocycles. The van der Waals surface area contributed by atoms with Crippen molar-refractivity contribution in [1.82, 2.24) is 0 Å². The van der Waals surface area contributed by atoms with Crippen LogP contribution in [0.1, 0.15) is 73.6 Å². The quantitative estimate of drug-likeness (QED) is 0.186. The Morgan fingerprint density at radius 2 is 1.86 bits per heavy atom. The molecule has 4 unspecified atom stereocenters. The first-order valence-electron chi connectivity index (χ1n) is 13.1. The summed E-state index contributed by atoms with van der Waals surface area (Å²) in [7, 11) is 0. The van der Waals surface area contributed by atoms with E-state index in [4.69, 9.17) is 18.9 Å². The van der Waals surface area contributed by atoms with Crippen molar-refractivity contribution in [3.8, 4) is 0 Å². The average molecular weight is 517 g/mol.